The van der Waals surface area contributed by atoms with Gasteiger partial charge in [0.2, 0.25) is 0 Å². The minimum absolute atomic E-state index is 0. The van der Waals surface area contributed by atoms with Gasteiger partial charge in [0.05, 0.1) is 0 Å². The van der Waals surface area contributed by atoms with Crippen LogP contribution in [0.5, 0.6) is 0 Å². The van der Waals surface area contributed by atoms with E-state index in [1.807, 2.05) is 36.4 Å². The van der Waals surface area contributed by atoms with Crippen molar-refractivity contribution in [3.63, 3.8) is 0 Å². The summed E-state index contributed by atoms with van der Waals surface area (Å²) in [4.78, 5) is 50.2. The van der Waals surface area contributed by atoms with E-state index >= 15 is 0 Å². The quantitative estimate of drug-likeness (QED) is 0.134. The van der Waals surface area contributed by atoms with Crippen LogP contribution < -0.4 is 0 Å². The summed E-state index contributed by atoms with van der Waals surface area (Å²) in [6, 6.07) is 7.69. The molecule has 2 atom stereocenters. The first-order valence-corrected chi connectivity index (χ1v) is 15.9. The van der Waals surface area contributed by atoms with Crippen molar-refractivity contribution in [2.24, 2.45) is 0 Å². The molecular weight excluding hydrogens is 696 g/mol. The molecule has 0 radical (unpaired) electrons. The molecule has 11 heteroatoms. The predicted octanol–water partition coefficient (Wildman–Crippen LogP) is 7.41. The molecule has 0 spiro atoms. The molecule has 0 fully saturated rings. The monoisotopic (exact) mass is 734 g/mol. The number of carbonyl (C=O) groups excluding carboxylic acids is 4. The van der Waals surface area contributed by atoms with Crippen molar-refractivity contribution >= 4 is 23.6 Å². The zero-order valence-electron chi connectivity index (χ0n) is 29.3. The molecule has 4 aliphatic rings. The number of hydrogen-bond acceptors (Lipinski definition) is 4. The fourth-order valence-electron chi connectivity index (χ4n) is 5.11. The third-order valence-electron chi connectivity index (χ3n) is 8.25. The van der Waals surface area contributed by atoms with E-state index in [1.54, 1.807) is 41.5 Å². The van der Waals surface area contributed by atoms with Gasteiger partial charge in [0.25, 0.3) is 23.6 Å². The Balaban J connectivity index is 0.000000273. The van der Waals surface area contributed by atoms with Gasteiger partial charge in [0.1, 0.15) is 0 Å². The Labute approximate surface area is 311 Å². The SMILES string of the molecule is CC1=C(C)C(=O)N(C(C)Cc2ccc(F)[c-]c2F)C1=O.CC1=C(C)C(=O)N(C(C)Cc2ccc(F)[c-]c2F)C1=O.[C-]1=CC=CC1.[C-]1=CC=CC1.[Ti+4]. The zero-order valence-corrected chi connectivity index (χ0v) is 30.9. The smallest absolute Gasteiger partial charge is 0.273 e. The second-order valence-corrected chi connectivity index (χ2v) is 11.9. The number of halogens is 4. The predicted molar refractivity (Wildman–Crippen MR) is 180 cm³/mol. The van der Waals surface area contributed by atoms with Gasteiger partial charge in [-0.15, -0.1) is 48.2 Å². The molecular formula is C40H38F4N2O4Ti. The van der Waals surface area contributed by atoms with Crippen LogP contribution in [0.1, 0.15) is 65.5 Å². The van der Waals surface area contributed by atoms with Crippen LogP contribution in [-0.2, 0) is 53.7 Å². The van der Waals surface area contributed by atoms with Gasteiger partial charge in [-0.2, -0.15) is 24.3 Å². The first-order valence-electron chi connectivity index (χ1n) is 15.9. The van der Waals surface area contributed by atoms with E-state index in [-0.39, 0.29) is 69.3 Å². The molecule has 264 valence electrons. The summed E-state index contributed by atoms with van der Waals surface area (Å²) in [5.41, 5.74) is 2.09. The first-order chi connectivity index (χ1) is 23.6. The topological polar surface area (TPSA) is 74.8 Å². The van der Waals surface area contributed by atoms with Crippen molar-refractivity contribution in [1.82, 2.24) is 9.80 Å². The molecule has 0 aromatic heterocycles. The van der Waals surface area contributed by atoms with Gasteiger partial charge in [-0.25, -0.2) is 41.9 Å². The van der Waals surface area contributed by atoms with Crippen LogP contribution in [0.25, 0.3) is 0 Å². The number of benzene rings is 2. The average molecular weight is 735 g/mol. The summed E-state index contributed by atoms with van der Waals surface area (Å²) in [7, 11) is 0. The molecule has 2 heterocycles. The van der Waals surface area contributed by atoms with E-state index in [2.05, 4.69) is 24.3 Å². The van der Waals surface area contributed by atoms with Crippen LogP contribution in [0.3, 0.4) is 0 Å². The molecule has 6 rings (SSSR count). The number of nitrogens with zero attached hydrogens (tertiary/aromatic N) is 2. The fraction of sp³-hybridized carbons (Fsp3) is 0.300. The normalized spacial score (nSPS) is 16.9. The number of amides is 4. The largest absolute Gasteiger partial charge is 4.00 e. The number of hydrogen-bond donors (Lipinski definition) is 0. The Hall–Kier alpha value is -4.41. The van der Waals surface area contributed by atoms with Crippen LogP contribution in [0.15, 0.2) is 83.0 Å². The molecule has 2 aliphatic carbocycles. The number of carbonyl (C=O) groups is 4. The van der Waals surface area contributed by atoms with Crippen molar-refractivity contribution in [3.05, 3.63) is 142 Å². The molecule has 0 N–H and O–H groups in total. The van der Waals surface area contributed by atoms with Gasteiger partial charge in [-0.05, 0) is 41.5 Å². The summed E-state index contributed by atoms with van der Waals surface area (Å²) in [5, 5.41) is 0. The maximum absolute atomic E-state index is 13.6. The van der Waals surface area contributed by atoms with E-state index in [0.29, 0.717) is 22.3 Å². The summed E-state index contributed by atoms with van der Waals surface area (Å²) >= 11 is 0. The molecule has 0 saturated heterocycles. The molecule has 0 saturated carbocycles. The van der Waals surface area contributed by atoms with E-state index in [1.165, 1.54) is 12.1 Å². The van der Waals surface area contributed by atoms with Crippen LogP contribution in [0, 0.1) is 47.6 Å². The van der Waals surface area contributed by atoms with Crippen molar-refractivity contribution < 1.29 is 58.5 Å². The molecule has 2 aliphatic heterocycles. The van der Waals surface area contributed by atoms with Crippen LogP contribution in [0.2, 0.25) is 0 Å². The molecule has 4 amide bonds. The van der Waals surface area contributed by atoms with Crippen LogP contribution in [-0.4, -0.2) is 45.5 Å². The molecule has 6 nitrogen and oxygen atoms in total. The third-order valence-corrected chi connectivity index (χ3v) is 8.25. The van der Waals surface area contributed by atoms with E-state index in [4.69, 9.17) is 0 Å². The van der Waals surface area contributed by atoms with Gasteiger partial charge >= 0.3 is 21.7 Å². The summed E-state index contributed by atoms with van der Waals surface area (Å²) in [6.07, 6.45) is 20.3. The minimum Gasteiger partial charge on any atom is -0.273 e. The average Bonchev–Trinajstić information content (AvgIpc) is 3.90. The van der Waals surface area contributed by atoms with Gasteiger partial charge in [-0.1, -0.05) is 12.8 Å². The van der Waals surface area contributed by atoms with Crippen molar-refractivity contribution in [1.29, 1.82) is 0 Å². The zero-order chi connectivity index (χ0) is 37.1. The summed E-state index contributed by atoms with van der Waals surface area (Å²) in [6.45, 7) is 9.68. The Morgan fingerprint density at radius 2 is 0.902 bits per heavy atom. The second kappa shape index (κ2) is 19.8. The van der Waals surface area contributed by atoms with Gasteiger partial charge in [0, 0.05) is 57.6 Å². The maximum atomic E-state index is 13.6. The van der Waals surface area contributed by atoms with E-state index in [0.717, 1.165) is 34.8 Å². The second-order valence-electron chi connectivity index (χ2n) is 11.9. The van der Waals surface area contributed by atoms with E-state index in [9.17, 15) is 36.7 Å². The fourth-order valence-corrected chi connectivity index (χ4v) is 5.11. The Bertz CT molecular complexity index is 1630. The Morgan fingerprint density at radius 3 is 1.12 bits per heavy atom. The number of allylic oxidation sites excluding steroid dienone is 8. The molecule has 0 bridgehead atoms. The molecule has 2 aromatic rings. The number of imide groups is 2. The maximum Gasteiger partial charge on any atom is 4.00 e. The molecule has 2 aromatic carbocycles. The van der Waals surface area contributed by atoms with Crippen molar-refractivity contribution in [2.45, 2.75) is 79.3 Å². The first kappa shape index (κ1) is 42.8. The van der Waals surface area contributed by atoms with Gasteiger partial charge in [0.15, 0.2) is 0 Å². The Kier molecular flexibility index (Phi) is 16.6. The summed E-state index contributed by atoms with van der Waals surface area (Å²) < 4.78 is 52.7. The van der Waals surface area contributed by atoms with Crippen LogP contribution in [0.4, 0.5) is 17.6 Å². The van der Waals surface area contributed by atoms with Crippen molar-refractivity contribution in [2.75, 3.05) is 0 Å². The van der Waals surface area contributed by atoms with Crippen LogP contribution >= 0.6 is 0 Å². The van der Waals surface area contributed by atoms with Crippen molar-refractivity contribution in [3.8, 4) is 0 Å². The molecule has 51 heavy (non-hydrogen) atoms. The minimum atomic E-state index is -0.794. The van der Waals surface area contributed by atoms with E-state index < -0.39 is 35.4 Å². The summed E-state index contributed by atoms with van der Waals surface area (Å²) in [5.74, 6) is -4.56. The third kappa shape index (κ3) is 11.3. The van der Waals surface area contributed by atoms with Gasteiger partial charge in [-0.3, -0.25) is 41.1 Å². The van der Waals surface area contributed by atoms with Gasteiger partial charge < -0.3 is 0 Å². The standard InChI is InChI=1S/2C15H14F2NO2.2C5H5.Ti/c2*1-8(6-11-4-5-12(16)7-13(11)17)18-14(19)9(2)10(3)15(18)20;2*1-2-4-5-3-1;/h2*4-5,8H,6H2,1-3H3;2*1-3H,4H2;/q4*-1;+4. The molecule has 2 unspecified atom stereocenters. The Morgan fingerprint density at radius 1 is 0.588 bits per heavy atom. The number of rotatable bonds is 6.